The quantitative estimate of drug-likeness (QED) is 0.492. The van der Waals surface area contributed by atoms with E-state index >= 15 is 0 Å². The predicted molar refractivity (Wildman–Crippen MR) is 107 cm³/mol. The van der Waals surface area contributed by atoms with Crippen molar-refractivity contribution in [2.75, 3.05) is 26.2 Å². The molecule has 0 amide bonds. The highest BCUT2D eigenvalue weighted by molar-refractivity contribution is 5.79. The molecule has 0 fully saturated rings. The Morgan fingerprint density at radius 1 is 1.23 bits per heavy atom. The van der Waals surface area contributed by atoms with Gasteiger partial charge in [-0.15, -0.1) is 10.2 Å². The summed E-state index contributed by atoms with van der Waals surface area (Å²) in [6.07, 6.45) is 5.81. The van der Waals surface area contributed by atoms with E-state index in [0.717, 1.165) is 56.6 Å². The van der Waals surface area contributed by atoms with Gasteiger partial charge in [-0.05, 0) is 59.2 Å². The fourth-order valence-electron chi connectivity index (χ4n) is 3.42. The van der Waals surface area contributed by atoms with Crippen molar-refractivity contribution in [1.82, 2.24) is 30.3 Å². The summed E-state index contributed by atoms with van der Waals surface area (Å²) in [6.45, 7) is 14.7. The molecule has 0 radical (unpaired) electrons. The molecule has 2 rings (SSSR count). The molecule has 0 saturated heterocycles. The molecule has 1 unspecified atom stereocenters. The molecule has 1 aliphatic rings. The molecular formula is C19H37N7. The van der Waals surface area contributed by atoms with E-state index in [9.17, 15) is 0 Å². The van der Waals surface area contributed by atoms with Gasteiger partial charge in [0.1, 0.15) is 12.4 Å². The third-order valence-corrected chi connectivity index (χ3v) is 5.05. The Kier molecular flexibility index (Phi) is 8.88. The van der Waals surface area contributed by atoms with Crippen LogP contribution in [-0.4, -0.2) is 57.8 Å². The van der Waals surface area contributed by atoms with Gasteiger partial charge in [0.25, 0.3) is 0 Å². The maximum atomic E-state index is 4.74. The standard InChI is InChI=1S/C19H37N7/c1-5-20-19(22-16(4)11-10-13-25(6-2)7-3)21-15-18-24-23-17-12-8-9-14-26(17)18/h16H,5-15H2,1-4H3,(H2,20,21,22). The molecule has 1 aliphatic heterocycles. The summed E-state index contributed by atoms with van der Waals surface area (Å²) in [6, 6.07) is 0.399. The Morgan fingerprint density at radius 2 is 2.04 bits per heavy atom. The Bertz CT molecular complexity index is 548. The van der Waals surface area contributed by atoms with Gasteiger partial charge in [-0.25, -0.2) is 4.99 Å². The van der Waals surface area contributed by atoms with E-state index in [1.54, 1.807) is 0 Å². The van der Waals surface area contributed by atoms with E-state index in [-0.39, 0.29) is 0 Å². The molecule has 0 spiro atoms. The topological polar surface area (TPSA) is 70.4 Å². The van der Waals surface area contributed by atoms with Crippen LogP contribution in [0.3, 0.4) is 0 Å². The number of aryl methyl sites for hydroxylation is 1. The minimum Gasteiger partial charge on any atom is -0.357 e. The second kappa shape index (κ2) is 11.2. The maximum Gasteiger partial charge on any atom is 0.191 e. The number of guanidine groups is 1. The molecular weight excluding hydrogens is 326 g/mol. The van der Waals surface area contributed by atoms with Gasteiger partial charge in [-0.3, -0.25) is 0 Å². The van der Waals surface area contributed by atoms with Crippen molar-refractivity contribution in [2.45, 2.75) is 78.9 Å². The zero-order valence-electron chi connectivity index (χ0n) is 17.1. The Balaban J connectivity index is 1.85. The first-order valence-electron chi connectivity index (χ1n) is 10.4. The van der Waals surface area contributed by atoms with E-state index < -0.39 is 0 Å². The number of aromatic nitrogens is 3. The van der Waals surface area contributed by atoms with E-state index in [1.165, 1.54) is 25.8 Å². The van der Waals surface area contributed by atoms with Crippen molar-refractivity contribution in [3.05, 3.63) is 11.6 Å². The van der Waals surface area contributed by atoms with Crippen molar-refractivity contribution in [3.63, 3.8) is 0 Å². The van der Waals surface area contributed by atoms with Crippen LogP contribution in [0.15, 0.2) is 4.99 Å². The van der Waals surface area contributed by atoms with E-state index in [4.69, 9.17) is 4.99 Å². The lowest BCUT2D eigenvalue weighted by Gasteiger charge is -2.21. The number of fused-ring (bicyclic) bond motifs is 1. The summed E-state index contributed by atoms with van der Waals surface area (Å²) in [5.41, 5.74) is 0. The molecule has 26 heavy (non-hydrogen) atoms. The highest BCUT2D eigenvalue weighted by Crippen LogP contribution is 2.14. The van der Waals surface area contributed by atoms with Crippen molar-refractivity contribution in [3.8, 4) is 0 Å². The summed E-state index contributed by atoms with van der Waals surface area (Å²) in [4.78, 5) is 7.21. The second-order valence-electron chi connectivity index (χ2n) is 7.05. The average molecular weight is 364 g/mol. The molecule has 1 aromatic heterocycles. The monoisotopic (exact) mass is 363 g/mol. The van der Waals surface area contributed by atoms with Crippen molar-refractivity contribution in [1.29, 1.82) is 0 Å². The summed E-state index contributed by atoms with van der Waals surface area (Å²) < 4.78 is 2.24. The molecule has 0 aliphatic carbocycles. The van der Waals surface area contributed by atoms with Crippen molar-refractivity contribution >= 4 is 5.96 Å². The molecule has 7 heteroatoms. The number of nitrogens with zero attached hydrogens (tertiary/aromatic N) is 5. The van der Waals surface area contributed by atoms with E-state index in [0.29, 0.717) is 12.6 Å². The van der Waals surface area contributed by atoms with Crippen LogP contribution in [0.1, 0.15) is 65.0 Å². The Morgan fingerprint density at radius 3 is 2.77 bits per heavy atom. The summed E-state index contributed by atoms with van der Waals surface area (Å²) >= 11 is 0. The number of rotatable bonds is 10. The van der Waals surface area contributed by atoms with Crippen molar-refractivity contribution in [2.24, 2.45) is 4.99 Å². The zero-order chi connectivity index (χ0) is 18.8. The highest BCUT2D eigenvalue weighted by atomic mass is 15.3. The van der Waals surface area contributed by atoms with Gasteiger partial charge in [0.05, 0.1) is 0 Å². The van der Waals surface area contributed by atoms with Gasteiger partial charge in [0, 0.05) is 25.6 Å². The number of nitrogens with one attached hydrogen (secondary N) is 2. The van der Waals surface area contributed by atoms with Crippen LogP contribution < -0.4 is 10.6 Å². The van der Waals surface area contributed by atoms with Crippen LogP contribution in [-0.2, 0) is 19.5 Å². The van der Waals surface area contributed by atoms with Crippen LogP contribution in [0.5, 0.6) is 0 Å². The minimum atomic E-state index is 0.399. The number of hydrogen-bond acceptors (Lipinski definition) is 4. The van der Waals surface area contributed by atoms with Crippen molar-refractivity contribution < 1.29 is 0 Å². The van der Waals surface area contributed by atoms with Gasteiger partial charge in [-0.2, -0.15) is 0 Å². The molecule has 0 bridgehead atoms. The largest absolute Gasteiger partial charge is 0.357 e. The molecule has 2 N–H and O–H groups in total. The predicted octanol–water partition coefficient (Wildman–Crippen LogP) is 2.18. The Labute approximate surface area is 158 Å². The summed E-state index contributed by atoms with van der Waals surface area (Å²) in [7, 11) is 0. The Hall–Kier alpha value is -1.63. The van der Waals surface area contributed by atoms with E-state index in [1.807, 2.05) is 0 Å². The molecule has 0 aromatic carbocycles. The lowest BCUT2D eigenvalue weighted by Crippen LogP contribution is -2.42. The lowest BCUT2D eigenvalue weighted by atomic mass is 10.1. The summed E-state index contributed by atoms with van der Waals surface area (Å²) in [5, 5.41) is 15.5. The molecule has 148 valence electrons. The minimum absolute atomic E-state index is 0.399. The SMILES string of the molecule is CCNC(=NCc1nnc2n1CCCC2)NC(C)CCCN(CC)CC. The maximum absolute atomic E-state index is 4.74. The molecule has 1 atom stereocenters. The summed E-state index contributed by atoms with van der Waals surface area (Å²) in [5.74, 6) is 2.96. The van der Waals surface area contributed by atoms with Gasteiger partial charge < -0.3 is 20.1 Å². The fourth-order valence-corrected chi connectivity index (χ4v) is 3.42. The smallest absolute Gasteiger partial charge is 0.191 e. The first kappa shape index (κ1) is 20.7. The van der Waals surface area contributed by atoms with Crippen LogP contribution in [0, 0.1) is 0 Å². The highest BCUT2D eigenvalue weighted by Gasteiger charge is 2.15. The first-order chi connectivity index (χ1) is 12.7. The molecule has 1 aromatic rings. The lowest BCUT2D eigenvalue weighted by molar-refractivity contribution is 0.292. The average Bonchev–Trinajstić information content (AvgIpc) is 3.07. The first-order valence-corrected chi connectivity index (χ1v) is 10.4. The van der Waals surface area contributed by atoms with Crippen LogP contribution in [0.25, 0.3) is 0 Å². The van der Waals surface area contributed by atoms with Gasteiger partial charge in [0.15, 0.2) is 11.8 Å². The van der Waals surface area contributed by atoms with Crippen LogP contribution in [0.2, 0.25) is 0 Å². The number of hydrogen-bond donors (Lipinski definition) is 2. The van der Waals surface area contributed by atoms with Gasteiger partial charge >= 0.3 is 0 Å². The molecule has 0 saturated carbocycles. The fraction of sp³-hybridized carbons (Fsp3) is 0.842. The van der Waals surface area contributed by atoms with Gasteiger partial charge in [0.2, 0.25) is 0 Å². The van der Waals surface area contributed by atoms with Crippen LogP contribution in [0.4, 0.5) is 0 Å². The third-order valence-electron chi connectivity index (χ3n) is 5.05. The molecule has 2 heterocycles. The van der Waals surface area contributed by atoms with E-state index in [2.05, 4.69) is 58.0 Å². The molecule has 7 nitrogen and oxygen atoms in total. The van der Waals surface area contributed by atoms with Crippen LogP contribution >= 0.6 is 0 Å². The number of aliphatic imine (C=N–C) groups is 1. The van der Waals surface area contributed by atoms with Gasteiger partial charge in [-0.1, -0.05) is 13.8 Å². The zero-order valence-corrected chi connectivity index (χ0v) is 17.1. The third kappa shape index (κ3) is 6.27. The normalized spacial score (nSPS) is 15.8. The second-order valence-corrected chi connectivity index (χ2v) is 7.05.